The highest BCUT2D eigenvalue weighted by molar-refractivity contribution is 6.22. The summed E-state index contributed by atoms with van der Waals surface area (Å²) < 4.78 is 0. The Balaban J connectivity index is 1.78. The summed E-state index contributed by atoms with van der Waals surface area (Å²) in [4.78, 5) is 26.6. The molecular weight excluding hydrogens is 296 g/mol. The number of nitrogens with zero attached hydrogens (tertiary/aromatic N) is 1. The van der Waals surface area contributed by atoms with Crippen LogP contribution in [0.1, 0.15) is 52.8 Å². The van der Waals surface area contributed by atoms with Gasteiger partial charge < -0.3 is 15.5 Å². The van der Waals surface area contributed by atoms with Crippen LogP contribution in [-0.2, 0) is 0 Å². The van der Waals surface area contributed by atoms with Gasteiger partial charge in [-0.3, -0.25) is 14.5 Å². The number of aliphatic hydroxyl groups excluding tert-OH is 2. The minimum atomic E-state index is -0.862. The molecule has 23 heavy (non-hydrogen) atoms. The Morgan fingerprint density at radius 2 is 1.83 bits per heavy atom. The Labute approximate surface area is 135 Å². The average molecular weight is 318 g/mol. The molecule has 6 heteroatoms. The first-order valence-corrected chi connectivity index (χ1v) is 8.16. The lowest BCUT2D eigenvalue weighted by Gasteiger charge is -2.29. The highest BCUT2D eigenvalue weighted by atomic mass is 16.3. The number of aliphatic hydroxyl groups is 2. The number of carbonyl (C=O) groups excluding carboxylic acids is 2. The Bertz CT molecular complexity index is 611. The van der Waals surface area contributed by atoms with Crippen LogP contribution in [0.15, 0.2) is 18.2 Å². The quantitative estimate of drug-likeness (QED) is 0.714. The van der Waals surface area contributed by atoms with Crippen molar-refractivity contribution < 1.29 is 19.8 Å². The molecule has 0 spiro atoms. The largest absolute Gasteiger partial charge is 0.394 e. The number of hydrogen-bond donors (Lipinski definition) is 3. The van der Waals surface area contributed by atoms with Crippen LogP contribution in [0, 0.1) is 0 Å². The SMILES string of the molecule is O=C1c2ccc(NCC(O)CO)cc2C(=O)N1C1CCCCC1. The fourth-order valence-corrected chi connectivity index (χ4v) is 3.34. The van der Waals surface area contributed by atoms with Crippen LogP contribution in [0.3, 0.4) is 0 Å². The van der Waals surface area contributed by atoms with Crippen LogP contribution < -0.4 is 5.32 Å². The summed E-state index contributed by atoms with van der Waals surface area (Å²) in [7, 11) is 0. The molecule has 124 valence electrons. The lowest BCUT2D eigenvalue weighted by atomic mass is 9.94. The minimum absolute atomic E-state index is 0.0174. The van der Waals surface area contributed by atoms with Crippen molar-refractivity contribution in [3.8, 4) is 0 Å². The third-order valence-electron chi connectivity index (χ3n) is 4.61. The Morgan fingerprint density at radius 1 is 1.13 bits per heavy atom. The summed E-state index contributed by atoms with van der Waals surface area (Å²) in [6.07, 6.45) is 4.20. The Morgan fingerprint density at radius 3 is 2.52 bits per heavy atom. The van der Waals surface area contributed by atoms with E-state index in [-0.39, 0.29) is 31.0 Å². The van der Waals surface area contributed by atoms with Gasteiger partial charge in [-0.25, -0.2) is 0 Å². The van der Waals surface area contributed by atoms with Crippen molar-refractivity contribution in [1.82, 2.24) is 4.90 Å². The highest BCUT2D eigenvalue weighted by Crippen LogP contribution is 2.32. The molecule has 2 amide bonds. The van der Waals surface area contributed by atoms with E-state index in [1.807, 2.05) is 0 Å². The number of benzene rings is 1. The van der Waals surface area contributed by atoms with Gasteiger partial charge in [0.2, 0.25) is 0 Å². The summed E-state index contributed by atoms with van der Waals surface area (Å²) in [5, 5.41) is 21.2. The molecule has 0 bridgehead atoms. The van der Waals surface area contributed by atoms with E-state index in [0.29, 0.717) is 16.8 Å². The number of carbonyl (C=O) groups is 2. The molecule has 1 heterocycles. The molecule has 2 aliphatic rings. The minimum Gasteiger partial charge on any atom is -0.394 e. The highest BCUT2D eigenvalue weighted by Gasteiger charge is 2.40. The smallest absolute Gasteiger partial charge is 0.261 e. The fourth-order valence-electron chi connectivity index (χ4n) is 3.34. The number of hydrogen-bond acceptors (Lipinski definition) is 5. The molecule has 0 saturated heterocycles. The van der Waals surface area contributed by atoms with Crippen LogP contribution in [0.2, 0.25) is 0 Å². The van der Waals surface area contributed by atoms with Crippen molar-refractivity contribution in [1.29, 1.82) is 0 Å². The number of fused-ring (bicyclic) bond motifs is 1. The van der Waals surface area contributed by atoms with Crippen LogP contribution in [0.4, 0.5) is 5.69 Å². The van der Waals surface area contributed by atoms with Crippen molar-refractivity contribution in [2.75, 3.05) is 18.5 Å². The number of rotatable bonds is 5. The Hall–Kier alpha value is -1.92. The van der Waals surface area contributed by atoms with Crippen molar-refractivity contribution in [2.24, 2.45) is 0 Å². The van der Waals surface area contributed by atoms with Crippen molar-refractivity contribution in [3.05, 3.63) is 29.3 Å². The molecule has 1 fully saturated rings. The molecule has 1 saturated carbocycles. The van der Waals surface area contributed by atoms with Gasteiger partial charge in [-0.15, -0.1) is 0 Å². The standard InChI is InChI=1S/C17H22N2O4/c20-10-13(21)9-18-11-6-7-14-15(8-11)17(23)19(16(14)22)12-4-2-1-3-5-12/h6-8,12-13,18,20-21H,1-5,9-10H2. The van der Waals surface area contributed by atoms with Crippen LogP contribution in [-0.4, -0.2) is 52.2 Å². The summed E-state index contributed by atoms with van der Waals surface area (Å²) in [5.74, 6) is -0.415. The van der Waals surface area contributed by atoms with E-state index in [1.54, 1.807) is 18.2 Å². The van der Waals surface area contributed by atoms with Gasteiger partial charge in [-0.2, -0.15) is 0 Å². The number of anilines is 1. The first-order valence-electron chi connectivity index (χ1n) is 8.16. The van der Waals surface area contributed by atoms with E-state index < -0.39 is 6.10 Å². The van der Waals surface area contributed by atoms with Crippen LogP contribution in [0.5, 0.6) is 0 Å². The van der Waals surface area contributed by atoms with Gasteiger partial charge >= 0.3 is 0 Å². The number of nitrogens with one attached hydrogen (secondary N) is 1. The van der Waals surface area contributed by atoms with Gasteiger partial charge in [0.25, 0.3) is 11.8 Å². The monoisotopic (exact) mass is 318 g/mol. The first-order chi connectivity index (χ1) is 11.1. The summed E-state index contributed by atoms with van der Waals surface area (Å²) in [5.41, 5.74) is 1.53. The van der Waals surface area contributed by atoms with E-state index in [0.717, 1.165) is 25.7 Å². The van der Waals surface area contributed by atoms with Crippen molar-refractivity contribution >= 4 is 17.5 Å². The van der Waals surface area contributed by atoms with Crippen LogP contribution in [0.25, 0.3) is 0 Å². The van der Waals surface area contributed by atoms with Gasteiger partial charge in [0, 0.05) is 18.3 Å². The fraction of sp³-hybridized carbons (Fsp3) is 0.529. The van der Waals surface area contributed by atoms with E-state index in [2.05, 4.69) is 5.32 Å². The normalized spacial score (nSPS) is 19.8. The molecule has 1 aromatic rings. The molecular formula is C17H22N2O4. The zero-order valence-corrected chi connectivity index (χ0v) is 13.0. The van der Waals surface area contributed by atoms with Crippen molar-refractivity contribution in [2.45, 2.75) is 44.2 Å². The molecule has 3 N–H and O–H groups in total. The van der Waals surface area contributed by atoms with Gasteiger partial charge in [0.1, 0.15) is 0 Å². The van der Waals surface area contributed by atoms with Crippen LogP contribution >= 0.6 is 0 Å². The van der Waals surface area contributed by atoms with E-state index in [4.69, 9.17) is 5.11 Å². The van der Waals surface area contributed by atoms with E-state index in [1.165, 1.54) is 11.3 Å². The topological polar surface area (TPSA) is 89.9 Å². The average Bonchev–Trinajstić information content (AvgIpc) is 2.84. The van der Waals surface area contributed by atoms with Gasteiger partial charge in [-0.05, 0) is 31.0 Å². The van der Waals surface area contributed by atoms with E-state index >= 15 is 0 Å². The second kappa shape index (κ2) is 6.68. The molecule has 1 aromatic carbocycles. The zero-order valence-electron chi connectivity index (χ0n) is 13.0. The number of amides is 2. The number of imide groups is 1. The van der Waals surface area contributed by atoms with Gasteiger partial charge in [0.15, 0.2) is 0 Å². The second-order valence-corrected chi connectivity index (χ2v) is 6.25. The summed E-state index contributed by atoms with van der Waals surface area (Å²) in [6.45, 7) is -0.144. The molecule has 3 rings (SSSR count). The predicted molar refractivity (Wildman–Crippen MR) is 85.4 cm³/mol. The molecule has 1 unspecified atom stereocenters. The third-order valence-corrected chi connectivity index (χ3v) is 4.61. The predicted octanol–water partition coefficient (Wildman–Crippen LogP) is 1.38. The third kappa shape index (κ3) is 3.09. The second-order valence-electron chi connectivity index (χ2n) is 6.25. The lowest BCUT2D eigenvalue weighted by molar-refractivity contribution is 0.0549. The summed E-state index contributed by atoms with van der Waals surface area (Å²) in [6, 6.07) is 5.05. The Kier molecular flexibility index (Phi) is 4.63. The van der Waals surface area contributed by atoms with Gasteiger partial charge in [-0.1, -0.05) is 19.3 Å². The van der Waals surface area contributed by atoms with E-state index in [9.17, 15) is 14.7 Å². The summed E-state index contributed by atoms with van der Waals surface area (Å²) >= 11 is 0. The molecule has 1 aliphatic heterocycles. The maximum Gasteiger partial charge on any atom is 0.261 e. The first kappa shape index (κ1) is 16.0. The molecule has 1 aliphatic carbocycles. The molecule has 0 aromatic heterocycles. The lowest BCUT2D eigenvalue weighted by Crippen LogP contribution is -2.40. The molecule has 6 nitrogen and oxygen atoms in total. The van der Waals surface area contributed by atoms with Crippen molar-refractivity contribution in [3.63, 3.8) is 0 Å². The maximum absolute atomic E-state index is 12.6. The zero-order chi connectivity index (χ0) is 16.4. The maximum atomic E-state index is 12.6. The molecule has 0 radical (unpaired) electrons. The van der Waals surface area contributed by atoms with Gasteiger partial charge in [0.05, 0.1) is 23.8 Å². The molecule has 1 atom stereocenters.